The number of nitrogens with two attached hydrogens (primary N) is 1. The third-order valence-corrected chi connectivity index (χ3v) is 5.26. The predicted octanol–water partition coefficient (Wildman–Crippen LogP) is 1.36. The molecule has 3 N–H and O–H groups in total. The number of benzene rings is 1. The first-order valence-corrected chi connectivity index (χ1v) is 8.19. The van der Waals surface area contributed by atoms with E-state index < -0.39 is 0 Å². The summed E-state index contributed by atoms with van der Waals surface area (Å²) in [6, 6.07) is 10.2. The molecule has 116 valence electrons. The highest BCUT2D eigenvalue weighted by Crippen LogP contribution is 2.40. The number of hydrogen-bond acceptors (Lipinski definition) is 4. The quantitative estimate of drug-likeness (QED) is 0.862. The largest absolute Gasteiger partial charge is 0.329 e. The molecular formula is C17H28N4. The minimum absolute atomic E-state index is 0.345. The summed E-state index contributed by atoms with van der Waals surface area (Å²) < 4.78 is 0. The van der Waals surface area contributed by atoms with Crippen LogP contribution < -0.4 is 11.1 Å². The fourth-order valence-electron chi connectivity index (χ4n) is 4.01. The molecule has 0 spiro atoms. The Kier molecular flexibility index (Phi) is 4.60. The SMILES string of the molecule is CC1C(N2CCCNCC2)c2ccccc2C(CN)N1C. The molecule has 0 saturated carbocycles. The van der Waals surface area contributed by atoms with Crippen molar-refractivity contribution in [1.29, 1.82) is 0 Å². The predicted molar refractivity (Wildman–Crippen MR) is 87.3 cm³/mol. The van der Waals surface area contributed by atoms with E-state index in [1.807, 2.05) is 0 Å². The Labute approximate surface area is 128 Å². The maximum absolute atomic E-state index is 6.05. The third kappa shape index (κ3) is 2.73. The maximum atomic E-state index is 6.05. The maximum Gasteiger partial charge on any atom is 0.0504 e. The lowest BCUT2D eigenvalue weighted by Gasteiger charge is -2.47. The molecule has 3 rings (SSSR count). The summed E-state index contributed by atoms with van der Waals surface area (Å²) in [6.45, 7) is 7.57. The van der Waals surface area contributed by atoms with Gasteiger partial charge in [0, 0.05) is 38.3 Å². The first kappa shape index (κ1) is 15.0. The summed E-state index contributed by atoms with van der Waals surface area (Å²) in [7, 11) is 2.22. The molecule has 0 aromatic heterocycles. The van der Waals surface area contributed by atoms with E-state index in [-0.39, 0.29) is 0 Å². The van der Waals surface area contributed by atoms with E-state index in [1.165, 1.54) is 24.1 Å². The van der Waals surface area contributed by atoms with Crippen LogP contribution in [-0.4, -0.2) is 55.6 Å². The lowest BCUT2D eigenvalue weighted by molar-refractivity contribution is 0.0628. The second-order valence-electron chi connectivity index (χ2n) is 6.37. The molecule has 3 atom stereocenters. The monoisotopic (exact) mass is 288 g/mol. The molecule has 4 nitrogen and oxygen atoms in total. The van der Waals surface area contributed by atoms with E-state index in [0.717, 1.165) is 19.6 Å². The molecule has 0 radical (unpaired) electrons. The summed E-state index contributed by atoms with van der Waals surface area (Å²) in [5.41, 5.74) is 8.96. The Morgan fingerprint density at radius 2 is 1.95 bits per heavy atom. The Morgan fingerprint density at radius 1 is 1.19 bits per heavy atom. The molecule has 3 unspecified atom stereocenters. The van der Waals surface area contributed by atoms with Crippen LogP contribution in [0.2, 0.25) is 0 Å². The van der Waals surface area contributed by atoms with Crippen LogP contribution in [0, 0.1) is 0 Å². The minimum atomic E-state index is 0.345. The third-order valence-electron chi connectivity index (χ3n) is 5.26. The molecule has 2 heterocycles. The van der Waals surface area contributed by atoms with Crippen molar-refractivity contribution >= 4 is 0 Å². The molecule has 4 heteroatoms. The molecule has 1 fully saturated rings. The van der Waals surface area contributed by atoms with Crippen molar-refractivity contribution in [2.75, 3.05) is 39.8 Å². The Hall–Kier alpha value is -0.940. The van der Waals surface area contributed by atoms with Gasteiger partial charge in [-0.05, 0) is 38.1 Å². The number of nitrogens with one attached hydrogen (secondary N) is 1. The summed E-state index contributed by atoms with van der Waals surface area (Å²) in [6.07, 6.45) is 1.23. The second-order valence-corrected chi connectivity index (χ2v) is 6.37. The summed E-state index contributed by atoms with van der Waals surface area (Å²) in [5, 5.41) is 3.51. The highest BCUT2D eigenvalue weighted by atomic mass is 15.3. The van der Waals surface area contributed by atoms with E-state index in [9.17, 15) is 0 Å². The molecule has 1 aromatic rings. The van der Waals surface area contributed by atoms with Crippen LogP contribution in [0.15, 0.2) is 24.3 Å². The van der Waals surface area contributed by atoms with Gasteiger partial charge in [0.05, 0.1) is 6.04 Å². The number of nitrogens with zero attached hydrogens (tertiary/aromatic N) is 2. The smallest absolute Gasteiger partial charge is 0.0504 e. The first-order chi connectivity index (χ1) is 10.2. The van der Waals surface area contributed by atoms with Crippen molar-refractivity contribution in [2.24, 2.45) is 5.73 Å². The summed E-state index contributed by atoms with van der Waals surface area (Å²) >= 11 is 0. The first-order valence-electron chi connectivity index (χ1n) is 8.19. The molecule has 1 saturated heterocycles. The van der Waals surface area contributed by atoms with Gasteiger partial charge >= 0.3 is 0 Å². The standard InChI is InChI=1S/C17H28N4/c1-13-17(21-10-5-8-19-9-11-21)15-7-4-3-6-14(15)16(12-18)20(13)2/h3-4,6-7,13,16-17,19H,5,8-12,18H2,1-2H3. The lowest BCUT2D eigenvalue weighted by Crippen LogP contribution is -2.50. The summed E-state index contributed by atoms with van der Waals surface area (Å²) in [4.78, 5) is 5.12. The van der Waals surface area contributed by atoms with Gasteiger partial charge in [-0.25, -0.2) is 0 Å². The van der Waals surface area contributed by atoms with Gasteiger partial charge in [-0.2, -0.15) is 0 Å². The van der Waals surface area contributed by atoms with E-state index >= 15 is 0 Å². The zero-order valence-corrected chi connectivity index (χ0v) is 13.3. The number of rotatable bonds is 2. The molecule has 0 amide bonds. The molecule has 21 heavy (non-hydrogen) atoms. The van der Waals surface area contributed by atoms with Crippen molar-refractivity contribution in [3.8, 4) is 0 Å². The van der Waals surface area contributed by atoms with Crippen LogP contribution in [0.4, 0.5) is 0 Å². The van der Waals surface area contributed by atoms with Crippen molar-refractivity contribution < 1.29 is 0 Å². The molecule has 2 aliphatic rings. The summed E-state index contributed by atoms with van der Waals surface area (Å²) in [5.74, 6) is 0. The van der Waals surface area contributed by atoms with E-state index in [2.05, 4.69) is 53.4 Å². The van der Waals surface area contributed by atoms with Gasteiger partial charge in [0.2, 0.25) is 0 Å². The molecule has 1 aromatic carbocycles. The van der Waals surface area contributed by atoms with Crippen molar-refractivity contribution in [2.45, 2.75) is 31.5 Å². The van der Waals surface area contributed by atoms with Crippen LogP contribution in [0.1, 0.15) is 36.6 Å². The van der Waals surface area contributed by atoms with Gasteiger partial charge < -0.3 is 11.1 Å². The van der Waals surface area contributed by atoms with E-state index in [1.54, 1.807) is 0 Å². The Bertz CT molecular complexity index is 468. The van der Waals surface area contributed by atoms with Gasteiger partial charge in [-0.3, -0.25) is 9.80 Å². The van der Waals surface area contributed by atoms with Crippen molar-refractivity contribution in [3.63, 3.8) is 0 Å². The van der Waals surface area contributed by atoms with Crippen LogP contribution in [0.3, 0.4) is 0 Å². The van der Waals surface area contributed by atoms with Crippen LogP contribution in [0.25, 0.3) is 0 Å². The van der Waals surface area contributed by atoms with Gasteiger partial charge in [0.15, 0.2) is 0 Å². The molecular weight excluding hydrogens is 260 g/mol. The number of likely N-dealkylation sites (N-methyl/N-ethyl adjacent to an activating group) is 1. The van der Waals surface area contributed by atoms with Gasteiger partial charge in [-0.1, -0.05) is 24.3 Å². The number of hydrogen-bond donors (Lipinski definition) is 2. The second kappa shape index (κ2) is 6.44. The number of fused-ring (bicyclic) bond motifs is 1. The topological polar surface area (TPSA) is 44.5 Å². The highest BCUT2D eigenvalue weighted by Gasteiger charge is 2.38. The molecule has 2 aliphatic heterocycles. The van der Waals surface area contributed by atoms with Crippen LogP contribution >= 0.6 is 0 Å². The van der Waals surface area contributed by atoms with E-state index in [0.29, 0.717) is 24.7 Å². The van der Waals surface area contributed by atoms with Gasteiger partial charge in [0.1, 0.15) is 0 Å². The minimum Gasteiger partial charge on any atom is -0.329 e. The van der Waals surface area contributed by atoms with Gasteiger partial charge in [-0.15, -0.1) is 0 Å². The average Bonchev–Trinajstić information content (AvgIpc) is 2.78. The van der Waals surface area contributed by atoms with Crippen LogP contribution in [0.5, 0.6) is 0 Å². The normalized spacial score (nSPS) is 31.7. The molecule has 0 aliphatic carbocycles. The lowest BCUT2D eigenvalue weighted by atomic mass is 9.84. The van der Waals surface area contributed by atoms with Gasteiger partial charge in [0.25, 0.3) is 0 Å². The molecule has 0 bridgehead atoms. The fraction of sp³-hybridized carbons (Fsp3) is 0.647. The zero-order valence-electron chi connectivity index (χ0n) is 13.3. The van der Waals surface area contributed by atoms with Crippen molar-refractivity contribution in [1.82, 2.24) is 15.1 Å². The van der Waals surface area contributed by atoms with Crippen molar-refractivity contribution in [3.05, 3.63) is 35.4 Å². The fourth-order valence-corrected chi connectivity index (χ4v) is 4.01. The Balaban J connectivity index is 1.98. The Morgan fingerprint density at radius 3 is 2.71 bits per heavy atom. The zero-order chi connectivity index (χ0) is 14.8. The highest BCUT2D eigenvalue weighted by molar-refractivity contribution is 5.36. The van der Waals surface area contributed by atoms with E-state index in [4.69, 9.17) is 5.73 Å². The van der Waals surface area contributed by atoms with Crippen LogP contribution in [-0.2, 0) is 0 Å². The average molecular weight is 288 g/mol.